The monoisotopic (exact) mass is 324 g/mol. The lowest BCUT2D eigenvalue weighted by Crippen LogP contribution is -2.24. The third-order valence-electron chi connectivity index (χ3n) is 3.14. The second-order valence-electron chi connectivity index (χ2n) is 4.91. The van der Waals surface area contributed by atoms with Crippen LogP contribution in [0.1, 0.15) is 23.4 Å². The van der Waals surface area contributed by atoms with Crippen LogP contribution in [-0.4, -0.2) is 24.4 Å². The summed E-state index contributed by atoms with van der Waals surface area (Å²) >= 11 is 1.41. The molecule has 0 bridgehead atoms. The van der Waals surface area contributed by atoms with Crippen LogP contribution in [0.15, 0.2) is 34.9 Å². The van der Waals surface area contributed by atoms with Gasteiger partial charge in [0.05, 0.1) is 6.54 Å². The highest BCUT2D eigenvalue weighted by Crippen LogP contribution is 2.19. The molecule has 0 atom stereocenters. The third-order valence-corrected chi connectivity index (χ3v) is 5.24. The number of hydrogen-bond donors (Lipinski definition) is 2. The predicted molar refractivity (Wildman–Crippen MR) is 80.2 cm³/mol. The number of sulfonamides is 1. The van der Waals surface area contributed by atoms with Crippen LogP contribution in [0, 0.1) is 0 Å². The van der Waals surface area contributed by atoms with Crippen LogP contribution >= 0.6 is 11.3 Å². The minimum Gasteiger partial charge on any atom is -0.310 e. The van der Waals surface area contributed by atoms with Crippen molar-refractivity contribution in [3.63, 3.8) is 0 Å². The van der Waals surface area contributed by atoms with E-state index >= 15 is 0 Å². The molecule has 6 nitrogen and oxygen atoms in total. The fraction of sp³-hybridized carbons (Fsp3) is 0.385. The molecule has 2 heterocycles. The maximum atomic E-state index is 12.1. The highest BCUT2D eigenvalue weighted by molar-refractivity contribution is 7.89. The minimum absolute atomic E-state index is 0.0363. The van der Waals surface area contributed by atoms with Gasteiger partial charge in [0.15, 0.2) is 5.03 Å². The van der Waals surface area contributed by atoms with Gasteiger partial charge in [-0.1, -0.05) is 6.07 Å². The topological polar surface area (TPSA) is 84.0 Å². The zero-order chi connectivity index (χ0) is 14.7. The van der Waals surface area contributed by atoms with E-state index in [2.05, 4.69) is 20.0 Å². The Labute approximate surface area is 127 Å². The van der Waals surface area contributed by atoms with Crippen LogP contribution in [0.2, 0.25) is 0 Å². The molecule has 1 aliphatic rings. The van der Waals surface area contributed by atoms with E-state index in [0.717, 1.165) is 17.1 Å². The van der Waals surface area contributed by atoms with E-state index < -0.39 is 10.0 Å². The van der Waals surface area contributed by atoms with Crippen molar-refractivity contribution in [1.29, 1.82) is 0 Å². The van der Waals surface area contributed by atoms with Gasteiger partial charge in [0.2, 0.25) is 0 Å². The van der Waals surface area contributed by atoms with E-state index in [0.29, 0.717) is 6.04 Å². The Morgan fingerprint density at radius 2 is 2.10 bits per heavy atom. The van der Waals surface area contributed by atoms with Gasteiger partial charge >= 0.3 is 0 Å². The summed E-state index contributed by atoms with van der Waals surface area (Å²) in [5.41, 5.74) is 0.987. The normalized spacial score (nSPS) is 15.2. The molecule has 2 aromatic heterocycles. The highest BCUT2D eigenvalue weighted by atomic mass is 32.2. The molecule has 0 saturated heterocycles. The molecule has 21 heavy (non-hydrogen) atoms. The molecule has 1 aliphatic carbocycles. The lowest BCUT2D eigenvalue weighted by molar-refractivity contribution is 0.577. The Balaban J connectivity index is 1.61. The van der Waals surface area contributed by atoms with E-state index in [9.17, 15) is 8.42 Å². The molecule has 0 spiro atoms. The number of pyridine rings is 1. The molecule has 0 aliphatic heterocycles. The molecule has 8 heteroatoms. The molecule has 1 fully saturated rings. The Morgan fingerprint density at radius 1 is 1.24 bits per heavy atom. The number of aromatic nitrogens is 2. The van der Waals surface area contributed by atoms with Crippen LogP contribution in [0.25, 0.3) is 0 Å². The van der Waals surface area contributed by atoms with Gasteiger partial charge in [-0.15, -0.1) is 11.3 Å². The fourth-order valence-electron chi connectivity index (χ4n) is 1.80. The molecule has 0 amide bonds. The van der Waals surface area contributed by atoms with Gasteiger partial charge in [0.1, 0.15) is 5.01 Å². The van der Waals surface area contributed by atoms with E-state index in [1.165, 1.54) is 30.2 Å². The van der Waals surface area contributed by atoms with Crippen molar-refractivity contribution in [2.75, 3.05) is 0 Å². The summed E-state index contributed by atoms with van der Waals surface area (Å²) < 4.78 is 26.7. The summed E-state index contributed by atoms with van der Waals surface area (Å²) in [5, 5.41) is 5.93. The summed E-state index contributed by atoms with van der Waals surface area (Å²) in [6.07, 6.45) is 5.70. The Kier molecular flexibility index (Phi) is 4.29. The van der Waals surface area contributed by atoms with E-state index in [1.54, 1.807) is 18.5 Å². The van der Waals surface area contributed by atoms with E-state index in [1.807, 2.05) is 5.38 Å². The lowest BCUT2D eigenvalue weighted by atomic mass is 10.3. The number of rotatable bonds is 7. The first-order chi connectivity index (χ1) is 10.1. The van der Waals surface area contributed by atoms with Crippen molar-refractivity contribution in [3.8, 4) is 0 Å². The van der Waals surface area contributed by atoms with Crippen LogP contribution < -0.4 is 10.0 Å². The van der Waals surface area contributed by atoms with Crippen LogP contribution in [0.3, 0.4) is 0 Å². The number of thiazole rings is 1. The van der Waals surface area contributed by atoms with Crippen molar-refractivity contribution < 1.29 is 8.42 Å². The molecular weight excluding hydrogens is 308 g/mol. The minimum atomic E-state index is -3.59. The predicted octanol–water partition coefficient (Wildman–Crippen LogP) is 1.27. The SMILES string of the molecule is O=S(=O)(NCc1nccs1)c1ccc(CNC2CC2)cn1. The Hall–Kier alpha value is -1.35. The quantitative estimate of drug-likeness (QED) is 0.801. The summed E-state index contributed by atoms with van der Waals surface area (Å²) in [4.78, 5) is 8.08. The first-order valence-electron chi connectivity index (χ1n) is 6.70. The molecule has 0 aromatic carbocycles. The van der Waals surface area contributed by atoms with E-state index in [-0.39, 0.29) is 11.6 Å². The second kappa shape index (κ2) is 6.18. The molecule has 0 radical (unpaired) electrons. The average molecular weight is 324 g/mol. The van der Waals surface area contributed by atoms with Crippen LogP contribution in [0.4, 0.5) is 0 Å². The largest absolute Gasteiger partial charge is 0.310 e. The molecule has 2 aromatic rings. The Morgan fingerprint density at radius 3 is 2.71 bits per heavy atom. The second-order valence-corrected chi connectivity index (χ2v) is 7.60. The zero-order valence-electron chi connectivity index (χ0n) is 11.3. The molecule has 112 valence electrons. The van der Waals surface area contributed by atoms with Gasteiger partial charge in [-0.2, -0.15) is 0 Å². The van der Waals surface area contributed by atoms with Gasteiger partial charge < -0.3 is 5.32 Å². The molecule has 2 N–H and O–H groups in total. The lowest BCUT2D eigenvalue weighted by Gasteiger charge is -2.06. The molecule has 0 unspecified atom stereocenters. The van der Waals surface area contributed by atoms with Gasteiger partial charge in [-0.25, -0.2) is 23.1 Å². The zero-order valence-corrected chi connectivity index (χ0v) is 13.0. The standard InChI is InChI=1S/C13H16N4O2S2/c18-21(19,17-9-12-14-5-6-20-12)13-4-1-10(8-16-13)7-15-11-2-3-11/h1,4-6,8,11,15,17H,2-3,7,9H2. The third kappa shape index (κ3) is 4.07. The van der Waals surface area contributed by atoms with Crippen molar-refractivity contribution in [1.82, 2.24) is 20.0 Å². The first kappa shape index (κ1) is 14.6. The Bertz CT molecular complexity index is 679. The molecule has 3 rings (SSSR count). The summed E-state index contributed by atoms with van der Waals surface area (Å²) in [6.45, 7) is 0.914. The fourth-order valence-corrected chi connectivity index (χ4v) is 3.36. The van der Waals surface area contributed by atoms with Crippen molar-refractivity contribution in [2.24, 2.45) is 0 Å². The van der Waals surface area contributed by atoms with Crippen LogP contribution in [-0.2, 0) is 23.1 Å². The van der Waals surface area contributed by atoms with E-state index in [4.69, 9.17) is 0 Å². The van der Waals surface area contributed by atoms with Gasteiger partial charge in [-0.05, 0) is 24.5 Å². The van der Waals surface area contributed by atoms with Gasteiger partial charge in [0.25, 0.3) is 10.0 Å². The maximum absolute atomic E-state index is 12.1. The smallest absolute Gasteiger partial charge is 0.258 e. The summed E-state index contributed by atoms with van der Waals surface area (Å²) in [6, 6.07) is 3.95. The van der Waals surface area contributed by atoms with Crippen molar-refractivity contribution >= 4 is 21.4 Å². The average Bonchev–Trinajstić information content (AvgIpc) is 3.17. The number of nitrogens with zero attached hydrogens (tertiary/aromatic N) is 2. The van der Waals surface area contributed by atoms with Gasteiger partial charge in [-0.3, -0.25) is 0 Å². The summed E-state index contributed by atoms with van der Waals surface area (Å²) in [7, 11) is -3.59. The van der Waals surface area contributed by atoms with Crippen molar-refractivity contribution in [3.05, 3.63) is 40.5 Å². The highest BCUT2D eigenvalue weighted by Gasteiger charge is 2.20. The molecule has 1 saturated carbocycles. The number of hydrogen-bond acceptors (Lipinski definition) is 6. The first-order valence-corrected chi connectivity index (χ1v) is 9.06. The van der Waals surface area contributed by atoms with Gasteiger partial charge in [0, 0.05) is 30.4 Å². The summed E-state index contributed by atoms with van der Waals surface area (Å²) in [5.74, 6) is 0. The van der Waals surface area contributed by atoms with Crippen molar-refractivity contribution in [2.45, 2.75) is 37.0 Å². The number of nitrogens with one attached hydrogen (secondary N) is 2. The molecular formula is C13H16N4O2S2. The maximum Gasteiger partial charge on any atom is 0.258 e. The van der Waals surface area contributed by atoms with Crippen LogP contribution in [0.5, 0.6) is 0 Å².